The van der Waals surface area contributed by atoms with Gasteiger partial charge in [-0.15, -0.1) is 0 Å². The highest BCUT2D eigenvalue weighted by atomic mass is 16.5. The van der Waals surface area contributed by atoms with E-state index in [4.69, 9.17) is 9.47 Å². The SMILES string of the molecule is CCCN1CCOC(C(=O)C2CCOC3(CCCC3)C2)C1. The fourth-order valence-electron chi connectivity index (χ4n) is 4.30. The lowest BCUT2D eigenvalue weighted by Crippen LogP contribution is -2.50. The molecule has 21 heavy (non-hydrogen) atoms. The quantitative estimate of drug-likeness (QED) is 0.798. The Morgan fingerprint density at radius 2 is 2.10 bits per heavy atom. The van der Waals surface area contributed by atoms with Crippen LogP contribution in [0.15, 0.2) is 0 Å². The Kier molecular flexibility index (Phi) is 4.97. The number of carbonyl (C=O) groups is 1. The third-order valence-corrected chi connectivity index (χ3v) is 5.42. The Labute approximate surface area is 128 Å². The minimum atomic E-state index is -0.202. The van der Waals surface area contributed by atoms with E-state index in [0.29, 0.717) is 12.4 Å². The highest BCUT2D eigenvalue weighted by Gasteiger charge is 2.43. The average molecular weight is 295 g/mol. The van der Waals surface area contributed by atoms with Crippen molar-refractivity contribution in [1.82, 2.24) is 4.90 Å². The van der Waals surface area contributed by atoms with Crippen LogP contribution >= 0.6 is 0 Å². The Bertz CT molecular complexity index is 363. The average Bonchev–Trinajstić information content (AvgIpc) is 2.95. The van der Waals surface area contributed by atoms with Crippen LogP contribution in [0.5, 0.6) is 0 Å². The number of rotatable bonds is 4. The molecule has 0 amide bonds. The van der Waals surface area contributed by atoms with Gasteiger partial charge in [-0.1, -0.05) is 19.8 Å². The summed E-state index contributed by atoms with van der Waals surface area (Å²) in [5.74, 6) is 0.494. The summed E-state index contributed by atoms with van der Waals surface area (Å²) in [7, 11) is 0. The molecule has 2 unspecified atom stereocenters. The molecule has 3 fully saturated rings. The smallest absolute Gasteiger partial charge is 0.166 e. The molecular weight excluding hydrogens is 266 g/mol. The first kappa shape index (κ1) is 15.4. The molecule has 2 saturated heterocycles. The maximum atomic E-state index is 12.8. The van der Waals surface area contributed by atoms with Gasteiger partial charge in [0.25, 0.3) is 0 Å². The second kappa shape index (κ2) is 6.76. The monoisotopic (exact) mass is 295 g/mol. The fraction of sp³-hybridized carbons (Fsp3) is 0.941. The summed E-state index contributed by atoms with van der Waals surface area (Å²) in [6.45, 7) is 6.47. The van der Waals surface area contributed by atoms with Gasteiger partial charge in [0.2, 0.25) is 0 Å². The van der Waals surface area contributed by atoms with Crippen LogP contribution in [-0.4, -0.2) is 55.2 Å². The Balaban J connectivity index is 1.59. The zero-order valence-electron chi connectivity index (χ0n) is 13.3. The van der Waals surface area contributed by atoms with Crippen molar-refractivity contribution in [1.29, 1.82) is 0 Å². The van der Waals surface area contributed by atoms with Gasteiger partial charge in [0, 0.05) is 25.6 Å². The van der Waals surface area contributed by atoms with Crippen molar-refractivity contribution >= 4 is 5.78 Å². The summed E-state index contributed by atoms with van der Waals surface area (Å²) in [6, 6.07) is 0. The molecule has 4 nitrogen and oxygen atoms in total. The van der Waals surface area contributed by atoms with Gasteiger partial charge in [0.15, 0.2) is 5.78 Å². The van der Waals surface area contributed by atoms with Crippen LogP contribution in [0, 0.1) is 5.92 Å². The molecule has 120 valence electrons. The number of Topliss-reactive ketones (excluding diaryl/α,β-unsaturated/α-hetero) is 1. The molecule has 1 spiro atoms. The van der Waals surface area contributed by atoms with Gasteiger partial charge in [0.05, 0.1) is 12.2 Å². The van der Waals surface area contributed by atoms with Gasteiger partial charge in [-0.25, -0.2) is 0 Å². The molecule has 2 atom stereocenters. The van der Waals surface area contributed by atoms with E-state index in [1.165, 1.54) is 12.8 Å². The Hall–Kier alpha value is -0.450. The molecule has 4 heteroatoms. The largest absolute Gasteiger partial charge is 0.375 e. The summed E-state index contributed by atoms with van der Waals surface area (Å²) in [5.41, 5.74) is 0.0242. The number of morpholine rings is 1. The molecule has 0 radical (unpaired) electrons. The normalized spacial score (nSPS) is 33.4. The number of ether oxygens (including phenoxy) is 2. The molecule has 0 aromatic rings. The van der Waals surface area contributed by atoms with Crippen molar-refractivity contribution in [2.45, 2.75) is 63.6 Å². The first-order valence-corrected chi connectivity index (χ1v) is 8.74. The van der Waals surface area contributed by atoms with E-state index in [1.54, 1.807) is 0 Å². The van der Waals surface area contributed by atoms with Crippen LogP contribution in [0.25, 0.3) is 0 Å². The first-order chi connectivity index (χ1) is 10.2. The van der Waals surface area contributed by atoms with Crippen LogP contribution in [0.1, 0.15) is 51.9 Å². The zero-order chi connectivity index (χ0) is 14.7. The molecule has 0 N–H and O–H groups in total. The summed E-state index contributed by atoms with van der Waals surface area (Å²) < 4.78 is 11.8. The van der Waals surface area contributed by atoms with Crippen LogP contribution in [-0.2, 0) is 14.3 Å². The Morgan fingerprint density at radius 1 is 1.29 bits per heavy atom. The lowest BCUT2D eigenvalue weighted by atomic mass is 9.81. The summed E-state index contributed by atoms with van der Waals surface area (Å²) in [6.07, 6.45) is 7.55. The van der Waals surface area contributed by atoms with Crippen molar-refractivity contribution in [2.75, 3.05) is 32.8 Å². The van der Waals surface area contributed by atoms with E-state index in [2.05, 4.69) is 11.8 Å². The molecule has 2 aliphatic heterocycles. The van der Waals surface area contributed by atoms with Crippen LogP contribution < -0.4 is 0 Å². The van der Waals surface area contributed by atoms with Crippen molar-refractivity contribution in [3.05, 3.63) is 0 Å². The maximum absolute atomic E-state index is 12.8. The summed E-state index contributed by atoms with van der Waals surface area (Å²) >= 11 is 0. The van der Waals surface area contributed by atoms with E-state index in [-0.39, 0.29) is 17.6 Å². The second-order valence-electron chi connectivity index (χ2n) is 6.99. The van der Waals surface area contributed by atoms with E-state index in [1.807, 2.05) is 0 Å². The van der Waals surface area contributed by atoms with E-state index in [0.717, 1.165) is 58.3 Å². The Morgan fingerprint density at radius 3 is 2.86 bits per heavy atom. The predicted octanol–water partition coefficient (Wildman–Crippen LogP) is 2.41. The van der Waals surface area contributed by atoms with Gasteiger partial charge in [-0.2, -0.15) is 0 Å². The van der Waals surface area contributed by atoms with Gasteiger partial charge in [-0.3, -0.25) is 9.69 Å². The number of hydrogen-bond acceptors (Lipinski definition) is 4. The first-order valence-electron chi connectivity index (χ1n) is 8.74. The second-order valence-corrected chi connectivity index (χ2v) is 6.99. The van der Waals surface area contributed by atoms with E-state index in [9.17, 15) is 4.79 Å². The molecule has 1 aliphatic carbocycles. The molecule has 0 aromatic carbocycles. The van der Waals surface area contributed by atoms with Crippen molar-refractivity contribution < 1.29 is 14.3 Å². The number of hydrogen-bond donors (Lipinski definition) is 0. The van der Waals surface area contributed by atoms with Gasteiger partial charge in [0.1, 0.15) is 6.10 Å². The van der Waals surface area contributed by atoms with Gasteiger partial charge in [-0.05, 0) is 38.6 Å². The molecule has 2 heterocycles. The third kappa shape index (κ3) is 3.49. The standard InChI is InChI=1S/C17H29NO3/c1-2-8-18-9-11-20-15(13-18)16(19)14-5-10-21-17(12-14)6-3-4-7-17/h14-15H,2-13H2,1H3. The highest BCUT2D eigenvalue weighted by molar-refractivity contribution is 5.86. The molecule has 3 aliphatic rings. The lowest BCUT2D eigenvalue weighted by molar-refractivity contribution is -0.151. The minimum Gasteiger partial charge on any atom is -0.375 e. The molecule has 0 bridgehead atoms. The van der Waals surface area contributed by atoms with Crippen molar-refractivity contribution in [3.63, 3.8) is 0 Å². The number of carbonyl (C=O) groups excluding carboxylic acids is 1. The summed E-state index contributed by atoms with van der Waals surface area (Å²) in [5, 5.41) is 0. The van der Waals surface area contributed by atoms with Crippen LogP contribution in [0.2, 0.25) is 0 Å². The predicted molar refractivity (Wildman–Crippen MR) is 81.4 cm³/mol. The molecule has 3 rings (SSSR count). The fourth-order valence-corrected chi connectivity index (χ4v) is 4.30. The molecular formula is C17H29NO3. The highest BCUT2D eigenvalue weighted by Crippen LogP contribution is 2.42. The van der Waals surface area contributed by atoms with Crippen LogP contribution in [0.3, 0.4) is 0 Å². The maximum Gasteiger partial charge on any atom is 0.166 e. The van der Waals surface area contributed by atoms with Crippen molar-refractivity contribution in [3.8, 4) is 0 Å². The summed E-state index contributed by atoms with van der Waals surface area (Å²) in [4.78, 5) is 15.2. The third-order valence-electron chi connectivity index (χ3n) is 5.42. The number of nitrogens with zero attached hydrogens (tertiary/aromatic N) is 1. The number of ketones is 1. The van der Waals surface area contributed by atoms with E-state index >= 15 is 0 Å². The molecule has 0 aromatic heterocycles. The minimum absolute atomic E-state index is 0.0242. The van der Waals surface area contributed by atoms with Gasteiger partial charge < -0.3 is 9.47 Å². The molecule has 1 saturated carbocycles. The zero-order valence-corrected chi connectivity index (χ0v) is 13.3. The van der Waals surface area contributed by atoms with E-state index < -0.39 is 0 Å². The topological polar surface area (TPSA) is 38.8 Å². The lowest BCUT2D eigenvalue weighted by Gasteiger charge is -2.40. The van der Waals surface area contributed by atoms with Crippen LogP contribution in [0.4, 0.5) is 0 Å². The van der Waals surface area contributed by atoms with Gasteiger partial charge >= 0.3 is 0 Å². The van der Waals surface area contributed by atoms with Crippen molar-refractivity contribution in [2.24, 2.45) is 5.92 Å².